The predicted molar refractivity (Wildman–Crippen MR) is 117 cm³/mol. The summed E-state index contributed by atoms with van der Waals surface area (Å²) in [7, 11) is 0. The summed E-state index contributed by atoms with van der Waals surface area (Å²) in [5, 5.41) is 12.3. The number of aromatic nitrogens is 2. The number of nitriles is 1. The second-order valence-electron chi connectivity index (χ2n) is 8.08. The van der Waals surface area contributed by atoms with Gasteiger partial charge in [-0.3, -0.25) is 4.79 Å². The van der Waals surface area contributed by atoms with Crippen molar-refractivity contribution in [2.45, 2.75) is 40.0 Å². The lowest BCUT2D eigenvalue weighted by Crippen LogP contribution is -2.42. The molecule has 0 bridgehead atoms. The fraction of sp³-hybridized carbons (Fsp3) is 0.478. The molecule has 6 heteroatoms. The molecule has 1 aliphatic heterocycles. The van der Waals surface area contributed by atoms with Gasteiger partial charge < -0.3 is 10.2 Å². The molecule has 1 aromatic carbocycles. The van der Waals surface area contributed by atoms with Crippen LogP contribution < -0.4 is 5.32 Å². The van der Waals surface area contributed by atoms with Gasteiger partial charge in [0.05, 0.1) is 22.9 Å². The van der Waals surface area contributed by atoms with Gasteiger partial charge in [0.1, 0.15) is 0 Å². The third-order valence-corrected chi connectivity index (χ3v) is 5.28. The maximum Gasteiger partial charge on any atom is 0.257 e. The van der Waals surface area contributed by atoms with Crippen molar-refractivity contribution < 1.29 is 6.22 Å². The molecule has 2 heterocycles. The van der Waals surface area contributed by atoms with Crippen LogP contribution in [0.4, 0.5) is 5.95 Å². The Balaban J connectivity index is 0.00000320. The molecule has 0 aliphatic carbocycles. The van der Waals surface area contributed by atoms with Crippen molar-refractivity contribution in [2.75, 3.05) is 25.0 Å². The Labute approximate surface area is 174 Å². The number of piperidine rings is 1. The van der Waals surface area contributed by atoms with Crippen LogP contribution in [-0.2, 0) is 0 Å². The Hall–Kier alpha value is -2.94. The molecule has 154 valence electrons. The number of amides is 1. The SMILES string of the molecule is CCCCNc1ncc(C(=O)N2CC(C)CC(C)C2)c(-c2ccc(C#N)cc2)n1.[HH]. The number of carbonyl (C=O) groups is 1. The average Bonchev–Trinajstić information content (AvgIpc) is 2.73. The van der Waals surface area contributed by atoms with Gasteiger partial charge in [-0.15, -0.1) is 0 Å². The minimum absolute atomic E-state index is 0. The monoisotopic (exact) mass is 393 g/mol. The topological polar surface area (TPSA) is 81.9 Å². The molecule has 0 spiro atoms. The third-order valence-electron chi connectivity index (χ3n) is 5.28. The Morgan fingerprint density at radius 3 is 2.59 bits per heavy atom. The van der Waals surface area contributed by atoms with Crippen LogP contribution in [0.15, 0.2) is 30.5 Å². The van der Waals surface area contributed by atoms with Gasteiger partial charge in [-0.1, -0.05) is 39.3 Å². The Kier molecular flexibility index (Phi) is 6.82. The smallest absolute Gasteiger partial charge is 0.257 e. The van der Waals surface area contributed by atoms with Gasteiger partial charge >= 0.3 is 0 Å². The van der Waals surface area contributed by atoms with Gasteiger partial charge in [-0.2, -0.15) is 5.26 Å². The van der Waals surface area contributed by atoms with Gasteiger partial charge in [-0.25, -0.2) is 9.97 Å². The number of anilines is 1. The van der Waals surface area contributed by atoms with Gasteiger partial charge in [-0.05, 0) is 36.8 Å². The molecule has 1 fully saturated rings. The van der Waals surface area contributed by atoms with Crippen molar-refractivity contribution in [3.63, 3.8) is 0 Å². The third kappa shape index (κ3) is 5.11. The minimum atomic E-state index is -0.0251. The van der Waals surface area contributed by atoms with E-state index in [-0.39, 0.29) is 7.33 Å². The van der Waals surface area contributed by atoms with Crippen LogP contribution in [0.3, 0.4) is 0 Å². The van der Waals surface area contributed by atoms with Gasteiger partial charge in [0, 0.05) is 32.8 Å². The summed E-state index contributed by atoms with van der Waals surface area (Å²) >= 11 is 0. The Morgan fingerprint density at radius 1 is 1.28 bits per heavy atom. The van der Waals surface area contributed by atoms with Crippen LogP contribution in [0.5, 0.6) is 0 Å². The van der Waals surface area contributed by atoms with E-state index < -0.39 is 0 Å². The van der Waals surface area contributed by atoms with E-state index in [0.717, 1.165) is 44.5 Å². The predicted octanol–water partition coefficient (Wildman–Crippen LogP) is 4.59. The number of hydrogen-bond donors (Lipinski definition) is 1. The van der Waals surface area contributed by atoms with E-state index in [1.807, 2.05) is 17.0 Å². The van der Waals surface area contributed by atoms with E-state index in [1.165, 1.54) is 0 Å². The number of rotatable bonds is 6. The fourth-order valence-electron chi connectivity index (χ4n) is 3.92. The highest BCUT2D eigenvalue weighted by Crippen LogP contribution is 2.27. The Bertz CT molecular complexity index is 883. The van der Waals surface area contributed by atoms with Crippen molar-refractivity contribution >= 4 is 11.9 Å². The maximum atomic E-state index is 13.4. The zero-order valence-corrected chi connectivity index (χ0v) is 17.5. The van der Waals surface area contributed by atoms with E-state index >= 15 is 0 Å². The molecule has 1 saturated heterocycles. The molecule has 1 aliphatic rings. The van der Waals surface area contributed by atoms with E-state index in [0.29, 0.717) is 34.6 Å². The molecule has 3 rings (SSSR count). The lowest BCUT2D eigenvalue weighted by molar-refractivity contribution is 0.0623. The standard InChI is InChI=1S/C23H29N5O.H2/c1-4-5-10-25-23-26-13-20(22(29)28-14-16(2)11-17(3)15-28)21(27-23)19-8-6-18(12-24)7-9-19;/h6-9,13,16-17H,4-5,10-11,14-15H2,1-3H3,(H,25,26,27);1H. The van der Waals surface area contributed by atoms with E-state index in [4.69, 9.17) is 5.26 Å². The molecule has 6 nitrogen and oxygen atoms in total. The average molecular weight is 394 g/mol. The normalized spacial score (nSPS) is 18.9. The highest BCUT2D eigenvalue weighted by Gasteiger charge is 2.28. The minimum Gasteiger partial charge on any atom is -0.354 e. The molecule has 29 heavy (non-hydrogen) atoms. The van der Waals surface area contributed by atoms with E-state index in [1.54, 1.807) is 18.3 Å². The van der Waals surface area contributed by atoms with Gasteiger partial charge in [0.25, 0.3) is 5.91 Å². The zero-order chi connectivity index (χ0) is 20.8. The summed E-state index contributed by atoms with van der Waals surface area (Å²) in [5.41, 5.74) is 2.51. The molecule has 2 unspecified atom stereocenters. The molecule has 0 saturated carbocycles. The molecule has 0 radical (unpaired) electrons. The summed E-state index contributed by atoms with van der Waals surface area (Å²) in [5.74, 6) is 1.46. The van der Waals surface area contributed by atoms with Crippen LogP contribution in [0.1, 0.15) is 57.4 Å². The van der Waals surface area contributed by atoms with Crippen molar-refractivity contribution in [2.24, 2.45) is 11.8 Å². The van der Waals surface area contributed by atoms with Crippen LogP contribution in [0.25, 0.3) is 11.3 Å². The largest absolute Gasteiger partial charge is 0.354 e. The van der Waals surface area contributed by atoms with Gasteiger partial charge in [0.2, 0.25) is 5.95 Å². The molecule has 1 amide bonds. The first kappa shape index (κ1) is 20.8. The van der Waals surface area contributed by atoms with E-state index in [9.17, 15) is 4.79 Å². The summed E-state index contributed by atoms with van der Waals surface area (Å²) in [4.78, 5) is 24.4. The molecule has 2 aromatic rings. The number of nitrogens with one attached hydrogen (secondary N) is 1. The maximum absolute atomic E-state index is 13.4. The number of unbranched alkanes of at least 4 members (excludes halogenated alkanes) is 1. The number of likely N-dealkylation sites (tertiary alicyclic amines) is 1. The molecule has 1 N–H and O–H groups in total. The molecular formula is C23H31N5O. The van der Waals surface area contributed by atoms with Crippen LogP contribution in [0.2, 0.25) is 0 Å². The van der Waals surface area contributed by atoms with Crippen molar-refractivity contribution in [3.05, 3.63) is 41.6 Å². The first-order valence-electron chi connectivity index (χ1n) is 10.4. The van der Waals surface area contributed by atoms with Crippen molar-refractivity contribution in [3.8, 4) is 17.3 Å². The van der Waals surface area contributed by atoms with Crippen molar-refractivity contribution in [1.82, 2.24) is 14.9 Å². The Morgan fingerprint density at radius 2 is 1.97 bits per heavy atom. The number of carbonyl (C=O) groups excluding carboxylic acids is 1. The first-order valence-corrected chi connectivity index (χ1v) is 10.4. The summed E-state index contributed by atoms with van der Waals surface area (Å²) in [6.07, 6.45) is 4.89. The number of benzene rings is 1. The van der Waals surface area contributed by atoms with E-state index in [2.05, 4.69) is 42.1 Å². The highest BCUT2D eigenvalue weighted by atomic mass is 16.2. The fourth-order valence-corrected chi connectivity index (χ4v) is 3.92. The first-order chi connectivity index (χ1) is 14.0. The van der Waals surface area contributed by atoms with Crippen LogP contribution >= 0.6 is 0 Å². The quantitative estimate of drug-likeness (QED) is 0.726. The summed E-state index contributed by atoms with van der Waals surface area (Å²) in [6.45, 7) is 8.81. The highest BCUT2D eigenvalue weighted by molar-refractivity contribution is 6.00. The molecule has 2 atom stereocenters. The second kappa shape index (κ2) is 9.51. The second-order valence-corrected chi connectivity index (χ2v) is 8.08. The lowest BCUT2D eigenvalue weighted by atomic mass is 9.91. The van der Waals surface area contributed by atoms with Crippen LogP contribution in [-0.4, -0.2) is 40.4 Å². The molecular weight excluding hydrogens is 362 g/mol. The zero-order valence-electron chi connectivity index (χ0n) is 17.5. The lowest BCUT2D eigenvalue weighted by Gasteiger charge is -2.35. The number of nitrogens with zero attached hydrogens (tertiary/aromatic N) is 4. The molecule has 1 aromatic heterocycles. The summed E-state index contributed by atoms with van der Waals surface area (Å²) in [6, 6.07) is 9.32. The van der Waals surface area contributed by atoms with Crippen molar-refractivity contribution in [1.29, 1.82) is 5.26 Å². The number of hydrogen-bond acceptors (Lipinski definition) is 5. The van der Waals surface area contributed by atoms with Gasteiger partial charge in [0.15, 0.2) is 0 Å². The summed E-state index contributed by atoms with van der Waals surface area (Å²) < 4.78 is 0. The van der Waals surface area contributed by atoms with Crippen LogP contribution in [0, 0.1) is 23.2 Å².